The van der Waals surface area contributed by atoms with Crippen LogP contribution in [0.2, 0.25) is 0 Å². The molecule has 3 rings (SSSR count). The van der Waals surface area contributed by atoms with E-state index in [-0.39, 0.29) is 23.7 Å². The van der Waals surface area contributed by atoms with Gasteiger partial charge >= 0.3 is 0 Å². The number of para-hydroxylation sites is 1. The molecule has 150 valence electrons. The molecule has 1 amide bonds. The van der Waals surface area contributed by atoms with E-state index in [1.807, 2.05) is 6.07 Å². The fourth-order valence-electron chi connectivity index (χ4n) is 2.63. The molecule has 3 aromatic carbocycles. The van der Waals surface area contributed by atoms with Gasteiger partial charge in [-0.3, -0.25) is 9.52 Å². The van der Waals surface area contributed by atoms with Gasteiger partial charge < -0.3 is 10.1 Å². The average Bonchev–Trinajstić information content (AvgIpc) is 2.66. The average molecular weight is 414 g/mol. The predicted octanol–water partition coefficient (Wildman–Crippen LogP) is 4.03. The second-order valence-electron chi connectivity index (χ2n) is 6.32. The highest BCUT2D eigenvalue weighted by molar-refractivity contribution is 7.92. The first kappa shape index (κ1) is 20.3. The lowest BCUT2D eigenvalue weighted by atomic mass is 10.1. The van der Waals surface area contributed by atoms with E-state index in [1.54, 1.807) is 42.5 Å². The molecule has 0 bridgehead atoms. The highest BCUT2D eigenvalue weighted by Crippen LogP contribution is 2.20. The van der Waals surface area contributed by atoms with Crippen LogP contribution in [0.5, 0.6) is 5.75 Å². The molecule has 0 aliphatic carbocycles. The zero-order valence-corrected chi connectivity index (χ0v) is 16.4. The third-order valence-corrected chi connectivity index (χ3v) is 4.44. The third kappa shape index (κ3) is 6.05. The maximum absolute atomic E-state index is 13.2. The zero-order valence-electron chi connectivity index (χ0n) is 15.6. The Morgan fingerprint density at radius 3 is 2.52 bits per heavy atom. The smallest absolute Gasteiger partial charge is 0.257 e. The van der Waals surface area contributed by atoms with Crippen LogP contribution in [0.1, 0.15) is 15.9 Å². The molecule has 0 fully saturated rings. The molecule has 0 atom stereocenters. The van der Waals surface area contributed by atoms with Gasteiger partial charge in [-0.15, -0.1) is 0 Å². The standard InChI is InChI=1S/C21H19FN2O4S/c1-29(26,27)24-20-11-3-2-10-19(20)21(25)23-17-8-4-6-15(12-17)14-28-18-9-5-7-16(22)13-18/h2-13,24H,14H2,1H3,(H,23,25). The van der Waals surface area contributed by atoms with E-state index in [0.29, 0.717) is 11.4 Å². The van der Waals surface area contributed by atoms with Crippen molar-refractivity contribution < 1.29 is 22.3 Å². The van der Waals surface area contributed by atoms with Crippen LogP contribution in [-0.2, 0) is 16.6 Å². The maximum atomic E-state index is 13.2. The number of benzene rings is 3. The van der Waals surface area contributed by atoms with Crippen molar-refractivity contribution in [1.29, 1.82) is 0 Å². The van der Waals surface area contributed by atoms with Crippen LogP contribution in [-0.4, -0.2) is 20.6 Å². The summed E-state index contributed by atoms with van der Waals surface area (Å²) in [7, 11) is -3.52. The van der Waals surface area contributed by atoms with Crippen LogP contribution in [0.25, 0.3) is 0 Å². The Balaban J connectivity index is 1.71. The highest BCUT2D eigenvalue weighted by atomic mass is 32.2. The highest BCUT2D eigenvalue weighted by Gasteiger charge is 2.14. The lowest BCUT2D eigenvalue weighted by Crippen LogP contribution is -2.17. The number of ether oxygens (including phenoxy) is 1. The molecule has 2 N–H and O–H groups in total. The first-order chi connectivity index (χ1) is 13.8. The number of nitrogens with one attached hydrogen (secondary N) is 2. The number of rotatable bonds is 7. The van der Waals surface area contributed by atoms with Crippen molar-refractivity contribution in [2.24, 2.45) is 0 Å². The number of carbonyl (C=O) groups excluding carboxylic acids is 1. The van der Waals surface area contributed by atoms with Gasteiger partial charge in [0, 0.05) is 11.8 Å². The number of carbonyl (C=O) groups is 1. The largest absolute Gasteiger partial charge is 0.489 e. The fraction of sp³-hybridized carbons (Fsp3) is 0.0952. The number of anilines is 2. The van der Waals surface area contributed by atoms with Crippen molar-refractivity contribution in [2.75, 3.05) is 16.3 Å². The molecule has 0 saturated heterocycles. The van der Waals surface area contributed by atoms with Crippen LogP contribution >= 0.6 is 0 Å². The molecule has 0 unspecified atom stereocenters. The summed E-state index contributed by atoms with van der Waals surface area (Å²) in [6.45, 7) is 0.194. The van der Waals surface area contributed by atoms with Crippen molar-refractivity contribution in [3.05, 3.63) is 89.7 Å². The SMILES string of the molecule is CS(=O)(=O)Nc1ccccc1C(=O)Nc1cccc(COc2cccc(F)c2)c1. The molecule has 0 aromatic heterocycles. The van der Waals surface area contributed by atoms with E-state index < -0.39 is 15.9 Å². The van der Waals surface area contributed by atoms with Gasteiger partial charge in [-0.2, -0.15) is 0 Å². The normalized spacial score (nSPS) is 11.0. The van der Waals surface area contributed by atoms with Gasteiger partial charge in [0.05, 0.1) is 17.5 Å². The minimum atomic E-state index is -3.52. The Labute approximate surface area is 168 Å². The molecular formula is C21H19FN2O4S. The topological polar surface area (TPSA) is 84.5 Å². The molecule has 0 aliphatic rings. The number of amides is 1. The Hall–Kier alpha value is -3.39. The number of hydrogen-bond acceptors (Lipinski definition) is 4. The summed E-state index contributed by atoms with van der Waals surface area (Å²) in [6.07, 6.45) is 1.02. The van der Waals surface area contributed by atoms with Crippen molar-refractivity contribution in [1.82, 2.24) is 0 Å². The Bertz CT molecular complexity index is 1130. The quantitative estimate of drug-likeness (QED) is 0.611. The first-order valence-electron chi connectivity index (χ1n) is 8.66. The van der Waals surface area contributed by atoms with Gasteiger partial charge in [-0.05, 0) is 42.0 Å². The van der Waals surface area contributed by atoms with E-state index in [0.717, 1.165) is 11.8 Å². The monoisotopic (exact) mass is 414 g/mol. The Kier molecular flexibility index (Phi) is 6.13. The second kappa shape index (κ2) is 8.74. The summed E-state index contributed by atoms with van der Waals surface area (Å²) in [5, 5.41) is 2.74. The summed E-state index contributed by atoms with van der Waals surface area (Å²) in [6, 6.07) is 19.1. The van der Waals surface area contributed by atoms with Crippen LogP contribution in [0.15, 0.2) is 72.8 Å². The lowest BCUT2D eigenvalue weighted by Gasteiger charge is -2.12. The predicted molar refractivity (Wildman–Crippen MR) is 110 cm³/mol. The van der Waals surface area contributed by atoms with Gasteiger partial charge in [0.15, 0.2) is 0 Å². The molecule has 6 nitrogen and oxygen atoms in total. The third-order valence-electron chi connectivity index (χ3n) is 3.85. The van der Waals surface area contributed by atoms with Crippen LogP contribution < -0.4 is 14.8 Å². The number of sulfonamides is 1. The van der Waals surface area contributed by atoms with Crippen LogP contribution in [0.3, 0.4) is 0 Å². The maximum Gasteiger partial charge on any atom is 0.257 e. The van der Waals surface area contributed by atoms with E-state index in [4.69, 9.17) is 4.74 Å². The van der Waals surface area contributed by atoms with E-state index in [9.17, 15) is 17.6 Å². The van der Waals surface area contributed by atoms with Crippen molar-refractivity contribution in [3.63, 3.8) is 0 Å². The van der Waals surface area contributed by atoms with Crippen LogP contribution in [0.4, 0.5) is 15.8 Å². The summed E-state index contributed by atoms with van der Waals surface area (Å²) in [4.78, 5) is 12.6. The minimum Gasteiger partial charge on any atom is -0.489 e. The first-order valence-corrected chi connectivity index (χ1v) is 10.5. The molecule has 0 radical (unpaired) electrons. The zero-order chi connectivity index (χ0) is 20.9. The molecule has 0 saturated carbocycles. The fourth-order valence-corrected chi connectivity index (χ4v) is 3.21. The van der Waals surface area contributed by atoms with E-state index in [2.05, 4.69) is 10.0 Å². The lowest BCUT2D eigenvalue weighted by molar-refractivity contribution is 0.102. The van der Waals surface area contributed by atoms with Gasteiger partial charge in [0.2, 0.25) is 10.0 Å². The summed E-state index contributed by atoms with van der Waals surface area (Å²) < 4.78 is 44.1. The van der Waals surface area contributed by atoms with Gasteiger partial charge in [-0.25, -0.2) is 12.8 Å². The second-order valence-corrected chi connectivity index (χ2v) is 8.07. The summed E-state index contributed by atoms with van der Waals surface area (Å²) in [5.74, 6) is -0.440. The molecule has 3 aromatic rings. The molecule has 0 spiro atoms. The van der Waals surface area contributed by atoms with Crippen molar-refractivity contribution in [2.45, 2.75) is 6.61 Å². The molecule has 8 heteroatoms. The molecular weight excluding hydrogens is 395 g/mol. The minimum absolute atomic E-state index is 0.193. The summed E-state index contributed by atoms with van der Waals surface area (Å²) >= 11 is 0. The Morgan fingerprint density at radius 2 is 1.76 bits per heavy atom. The molecule has 29 heavy (non-hydrogen) atoms. The molecule has 0 heterocycles. The van der Waals surface area contributed by atoms with Gasteiger partial charge in [0.25, 0.3) is 5.91 Å². The summed E-state index contributed by atoms with van der Waals surface area (Å²) in [5.41, 5.74) is 1.68. The van der Waals surface area contributed by atoms with Crippen molar-refractivity contribution in [3.8, 4) is 5.75 Å². The van der Waals surface area contributed by atoms with Crippen molar-refractivity contribution >= 4 is 27.3 Å². The van der Waals surface area contributed by atoms with E-state index >= 15 is 0 Å². The van der Waals surface area contributed by atoms with Crippen LogP contribution in [0, 0.1) is 5.82 Å². The number of halogens is 1. The molecule has 0 aliphatic heterocycles. The van der Waals surface area contributed by atoms with E-state index in [1.165, 1.54) is 24.3 Å². The van der Waals surface area contributed by atoms with Gasteiger partial charge in [0.1, 0.15) is 18.2 Å². The number of hydrogen-bond donors (Lipinski definition) is 2. The van der Waals surface area contributed by atoms with Gasteiger partial charge in [-0.1, -0.05) is 30.3 Å². The Morgan fingerprint density at radius 1 is 1.00 bits per heavy atom.